The summed E-state index contributed by atoms with van der Waals surface area (Å²) in [5.41, 5.74) is 2.22. The number of unbranched alkanes of at least 4 members (excludes halogenated alkanes) is 1. The average molecular weight is 534 g/mol. The van der Waals surface area contributed by atoms with Gasteiger partial charge in [0.05, 0.1) is 17.5 Å². The van der Waals surface area contributed by atoms with Crippen LogP contribution in [-0.4, -0.2) is 26.0 Å². The quantitative estimate of drug-likeness (QED) is 0.151. The van der Waals surface area contributed by atoms with Crippen molar-refractivity contribution in [2.45, 2.75) is 44.0 Å². The van der Waals surface area contributed by atoms with E-state index in [1.807, 2.05) is 42.5 Å². The number of carbonyl (C=O) groups excluding carboxylic acids is 1. The van der Waals surface area contributed by atoms with Crippen LogP contribution in [0.3, 0.4) is 0 Å². The molecule has 0 fully saturated rings. The minimum atomic E-state index is -3.84. The van der Waals surface area contributed by atoms with E-state index < -0.39 is 10.0 Å². The number of Topliss-reactive ketones (excluding diaryl/α,β-unsaturated/α-hetero) is 1. The van der Waals surface area contributed by atoms with Crippen LogP contribution in [-0.2, 0) is 10.0 Å². The third-order valence-corrected chi connectivity index (χ3v) is 7.28. The van der Waals surface area contributed by atoms with Gasteiger partial charge in [-0.15, -0.1) is 0 Å². The molecule has 0 saturated heterocycles. The minimum Gasteiger partial charge on any atom is -0.494 e. The number of carbonyl (C=O) groups is 1. The van der Waals surface area contributed by atoms with E-state index in [0.717, 1.165) is 24.2 Å². The molecule has 0 spiro atoms. The van der Waals surface area contributed by atoms with Crippen LogP contribution >= 0.6 is 0 Å². The summed E-state index contributed by atoms with van der Waals surface area (Å²) in [4.78, 5) is 13.1. The molecule has 9 heteroatoms. The van der Waals surface area contributed by atoms with Crippen molar-refractivity contribution >= 4 is 27.3 Å². The third-order valence-electron chi connectivity index (χ3n) is 5.91. The molecule has 1 unspecified atom stereocenters. The van der Waals surface area contributed by atoms with Crippen LogP contribution in [0.2, 0.25) is 0 Å². The molecule has 0 aliphatic carbocycles. The van der Waals surface area contributed by atoms with E-state index in [1.54, 1.807) is 31.2 Å². The summed E-state index contributed by atoms with van der Waals surface area (Å²) in [5, 5.41) is 7.07. The predicted octanol–water partition coefficient (Wildman–Crippen LogP) is 6.39. The molecule has 38 heavy (non-hydrogen) atoms. The number of ketones is 1. The molecule has 0 aliphatic rings. The van der Waals surface area contributed by atoms with Crippen LogP contribution in [0.4, 0.5) is 11.5 Å². The zero-order valence-corrected chi connectivity index (χ0v) is 22.2. The summed E-state index contributed by atoms with van der Waals surface area (Å²) in [5.74, 6) is 1.39. The molecule has 4 rings (SSSR count). The van der Waals surface area contributed by atoms with Crippen molar-refractivity contribution in [3.8, 4) is 5.75 Å². The number of sulfonamides is 1. The first-order valence-electron chi connectivity index (χ1n) is 12.5. The van der Waals surface area contributed by atoms with Gasteiger partial charge in [-0.3, -0.25) is 9.52 Å². The van der Waals surface area contributed by atoms with Crippen molar-refractivity contribution < 1.29 is 22.5 Å². The molecule has 1 heterocycles. The summed E-state index contributed by atoms with van der Waals surface area (Å²) in [6, 6.07) is 24.3. The molecule has 2 N–H and O–H groups in total. The lowest BCUT2D eigenvalue weighted by molar-refractivity contribution is 0.0976. The zero-order valence-electron chi connectivity index (χ0n) is 21.4. The van der Waals surface area contributed by atoms with Gasteiger partial charge in [-0.25, -0.2) is 8.42 Å². The first-order chi connectivity index (χ1) is 18.3. The summed E-state index contributed by atoms with van der Waals surface area (Å²) >= 11 is 0. The summed E-state index contributed by atoms with van der Waals surface area (Å²) in [6.07, 6.45) is 2.26. The number of hydrogen-bond acceptors (Lipinski definition) is 7. The number of nitrogens with one attached hydrogen (secondary N) is 2. The Morgan fingerprint density at radius 2 is 1.71 bits per heavy atom. The number of rotatable bonds is 13. The highest BCUT2D eigenvalue weighted by atomic mass is 32.2. The number of aryl methyl sites for hydroxylation is 1. The molecule has 0 radical (unpaired) electrons. The number of nitrogens with zero attached hydrogens (tertiary/aromatic N) is 1. The van der Waals surface area contributed by atoms with Crippen LogP contribution in [0.15, 0.2) is 94.3 Å². The Labute approximate surface area is 223 Å². The fourth-order valence-electron chi connectivity index (χ4n) is 3.85. The van der Waals surface area contributed by atoms with E-state index in [2.05, 4.69) is 22.1 Å². The Morgan fingerprint density at radius 3 is 2.34 bits per heavy atom. The monoisotopic (exact) mass is 533 g/mol. The molecular formula is C29H31N3O5S. The predicted molar refractivity (Wildman–Crippen MR) is 147 cm³/mol. The fraction of sp³-hybridized carbons (Fsp3) is 0.241. The number of aromatic nitrogens is 1. The maximum atomic E-state index is 13.1. The van der Waals surface area contributed by atoms with Gasteiger partial charge in [-0.2, -0.15) is 0 Å². The maximum absolute atomic E-state index is 13.1. The molecule has 198 valence electrons. The van der Waals surface area contributed by atoms with E-state index >= 15 is 0 Å². The van der Waals surface area contributed by atoms with Gasteiger partial charge in [0, 0.05) is 23.7 Å². The second-order valence-electron chi connectivity index (χ2n) is 8.91. The molecule has 0 bridgehead atoms. The molecule has 1 atom stereocenters. The van der Waals surface area contributed by atoms with Gasteiger partial charge in [0.25, 0.3) is 10.0 Å². The minimum absolute atomic E-state index is 0.00215. The Balaban J connectivity index is 1.52. The fourth-order valence-corrected chi connectivity index (χ4v) is 4.84. The first-order valence-corrected chi connectivity index (χ1v) is 14.0. The molecular weight excluding hydrogens is 502 g/mol. The lowest BCUT2D eigenvalue weighted by Crippen LogP contribution is -2.16. The number of anilines is 2. The lowest BCUT2D eigenvalue weighted by Gasteiger charge is -2.21. The van der Waals surface area contributed by atoms with Gasteiger partial charge in [-0.1, -0.05) is 61.0 Å². The summed E-state index contributed by atoms with van der Waals surface area (Å²) in [6.45, 7) is 4.45. The van der Waals surface area contributed by atoms with Crippen LogP contribution in [0.1, 0.15) is 53.9 Å². The summed E-state index contributed by atoms with van der Waals surface area (Å²) < 4.78 is 38.6. The maximum Gasteiger partial charge on any atom is 0.263 e. The topological polar surface area (TPSA) is 111 Å². The van der Waals surface area contributed by atoms with Crippen molar-refractivity contribution in [2.24, 2.45) is 0 Å². The van der Waals surface area contributed by atoms with Crippen molar-refractivity contribution in [1.82, 2.24) is 5.16 Å². The second-order valence-corrected chi connectivity index (χ2v) is 10.6. The molecule has 0 amide bonds. The van der Waals surface area contributed by atoms with Gasteiger partial charge in [-0.05, 0) is 55.3 Å². The van der Waals surface area contributed by atoms with Crippen molar-refractivity contribution in [3.63, 3.8) is 0 Å². The highest BCUT2D eigenvalue weighted by Crippen LogP contribution is 2.27. The van der Waals surface area contributed by atoms with Gasteiger partial charge in [0.1, 0.15) is 11.5 Å². The van der Waals surface area contributed by atoms with Gasteiger partial charge in [0.2, 0.25) is 0 Å². The largest absolute Gasteiger partial charge is 0.494 e. The molecule has 1 aromatic heterocycles. The SMILES string of the molecule is CCCCOc1ccc(C(CC(=O)c2ccccc2)Nc2ccc(S(=O)(=O)Nc3cc(C)on3)cc2)cc1. The standard InChI is InChI=1S/C29H31N3O5S/c1-3-4-18-36-25-14-10-22(11-15-25)27(20-28(33)23-8-6-5-7-9-23)30-24-12-16-26(17-13-24)38(34,35)32-29-19-21(2)37-31-29/h5-17,19,27,30H,3-4,18,20H2,1-2H3,(H,31,32). The molecule has 3 aromatic carbocycles. The Kier molecular flexibility index (Phi) is 8.81. The molecule has 0 saturated carbocycles. The van der Waals surface area contributed by atoms with E-state index in [9.17, 15) is 13.2 Å². The Hall–Kier alpha value is -4.11. The molecule has 4 aromatic rings. The number of hydrogen-bond donors (Lipinski definition) is 2. The number of ether oxygens (including phenoxy) is 1. The highest BCUT2D eigenvalue weighted by molar-refractivity contribution is 7.92. The van der Waals surface area contributed by atoms with Crippen molar-refractivity contribution in [1.29, 1.82) is 0 Å². The van der Waals surface area contributed by atoms with E-state index in [1.165, 1.54) is 18.2 Å². The van der Waals surface area contributed by atoms with Gasteiger partial charge >= 0.3 is 0 Å². The van der Waals surface area contributed by atoms with Gasteiger partial charge < -0.3 is 14.6 Å². The average Bonchev–Trinajstić information content (AvgIpc) is 3.33. The second kappa shape index (κ2) is 12.4. The Morgan fingerprint density at radius 1 is 1.00 bits per heavy atom. The van der Waals surface area contributed by atoms with E-state index in [-0.39, 0.29) is 29.0 Å². The lowest BCUT2D eigenvalue weighted by atomic mass is 9.97. The van der Waals surface area contributed by atoms with Crippen LogP contribution in [0.5, 0.6) is 5.75 Å². The van der Waals surface area contributed by atoms with Crippen molar-refractivity contribution in [3.05, 3.63) is 102 Å². The van der Waals surface area contributed by atoms with E-state index in [4.69, 9.17) is 9.26 Å². The number of benzene rings is 3. The van der Waals surface area contributed by atoms with Crippen molar-refractivity contribution in [2.75, 3.05) is 16.6 Å². The molecule has 0 aliphatic heterocycles. The first kappa shape index (κ1) is 26.9. The molecule has 8 nitrogen and oxygen atoms in total. The third kappa shape index (κ3) is 7.23. The van der Waals surface area contributed by atoms with Crippen LogP contribution in [0, 0.1) is 6.92 Å². The summed E-state index contributed by atoms with van der Waals surface area (Å²) in [7, 11) is -3.84. The zero-order chi connectivity index (χ0) is 27.0. The smallest absolute Gasteiger partial charge is 0.263 e. The Bertz CT molecular complexity index is 1430. The highest BCUT2D eigenvalue weighted by Gasteiger charge is 2.19. The van der Waals surface area contributed by atoms with Crippen LogP contribution < -0.4 is 14.8 Å². The van der Waals surface area contributed by atoms with E-state index in [0.29, 0.717) is 23.6 Å². The van der Waals surface area contributed by atoms with Gasteiger partial charge in [0.15, 0.2) is 11.6 Å². The van der Waals surface area contributed by atoms with Crippen LogP contribution in [0.25, 0.3) is 0 Å². The normalized spacial score (nSPS) is 12.1.